The number of carbonyl (C=O) groups excluding carboxylic acids is 1. The summed E-state index contributed by atoms with van der Waals surface area (Å²) < 4.78 is 7.16. The zero-order valence-corrected chi connectivity index (χ0v) is 32.4. The van der Waals surface area contributed by atoms with Crippen molar-refractivity contribution in [2.75, 3.05) is 19.4 Å². The molecule has 0 spiro atoms. The van der Waals surface area contributed by atoms with Gasteiger partial charge >= 0.3 is 0 Å². The number of aromatic nitrogens is 4. The number of nitrogens with zero attached hydrogens (tertiary/aromatic N) is 4. The lowest BCUT2D eigenvalue weighted by atomic mass is 9.34. The number of nitrogen functional groups attached to an aromatic ring is 1. The van der Waals surface area contributed by atoms with Gasteiger partial charge < -0.3 is 25.7 Å². The highest BCUT2D eigenvalue weighted by Crippen LogP contribution is 2.75. The van der Waals surface area contributed by atoms with E-state index in [1.54, 1.807) is 4.80 Å². The summed E-state index contributed by atoms with van der Waals surface area (Å²) in [4.78, 5) is 15.0. The zero-order chi connectivity index (χ0) is 35.8. The number of likely N-dealkylation sites (N-methyl/N-ethyl adjacent to an activating group) is 1. The molecule has 6 rings (SSSR count). The quantitative estimate of drug-likeness (QED) is 0.185. The molecule has 4 saturated carbocycles. The van der Waals surface area contributed by atoms with Gasteiger partial charge in [-0.05, 0) is 116 Å². The number of anilines is 1. The first-order valence-electron chi connectivity index (χ1n) is 19.7. The second kappa shape index (κ2) is 12.7. The Labute approximate surface area is 296 Å². The van der Waals surface area contributed by atoms with Crippen molar-refractivity contribution in [2.45, 2.75) is 157 Å². The molecule has 5 aliphatic rings. The van der Waals surface area contributed by atoms with Gasteiger partial charge in [-0.3, -0.25) is 0 Å². The van der Waals surface area contributed by atoms with Gasteiger partial charge in [-0.2, -0.15) is 4.80 Å². The molecule has 5 aliphatic carbocycles. The summed E-state index contributed by atoms with van der Waals surface area (Å²) in [6.45, 7) is 21.7. The van der Waals surface area contributed by atoms with E-state index in [1.165, 1.54) is 31.1 Å². The number of allylic oxidation sites excluding steroid dienone is 1. The minimum atomic E-state index is -0.582. The number of nitrogens with one attached hydrogen (secondary N) is 1. The van der Waals surface area contributed by atoms with Crippen LogP contribution in [0.4, 0.5) is 5.95 Å². The highest BCUT2D eigenvalue weighted by molar-refractivity contribution is 5.59. The average Bonchev–Trinajstić information content (AvgIpc) is 3.50. The van der Waals surface area contributed by atoms with Crippen molar-refractivity contribution in [3.05, 3.63) is 11.6 Å². The second-order valence-electron chi connectivity index (χ2n) is 19.1. The molecule has 0 amide bonds. The topological polar surface area (TPSA) is 128 Å². The van der Waals surface area contributed by atoms with Crippen LogP contribution in [0, 0.1) is 56.7 Å². The summed E-state index contributed by atoms with van der Waals surface area (Å²) in [7, 11) is 2.08. The third-order valence-electron chi connectivity index (χ3n) is 16.7. The van der Waals surface area contributed by atoms with Crippen LogP contribution >= 0.6 is 0 Å². The standard InChI is InChI=1S/C40H68N6O3/c1-25(2)26(3)36(7)20-21-37(8)28-14-15-31-35(5,6)33(49-24-39(42-10)17-12-11-13-18-39)30(46-44-34(41)43-45-46)22-40(31,27(4)48)29(28)16-19-38(37,9)32(36)23-47/h16,23,25-28,30-33,42,48H,11-15,17-22,24H2,1-10H3,(H2,41,44)/t26-,27+,28+,30-,31+,32-,33+,36-,37-,38+,40+/m1/s1. The smallest absolute Gasteiger partial charge is 0.260 e. The summed E-state index contributed by atoms with van der Waals surface area (Å²) in [6.07, 6.45) is 14.7. The summed E-state index contributed by atoms with van der Waals surface area (Å²) in [5.41, 5.74) is 6.43. The molecule has 4 N–H and O–H groups in total. The third-order valence-corrected chi connectivity index (χ3v) is 16.7. The number of hydrogen-bond acceptors (Lipinski definition) is 8. The molecule has 0 aromatic carbocycles. The Morgan fingerprint density at radius 1 is 1.04 bits per heavy atom. The number of nitrogens with two attached hydrogens (primary N) is 1. The first kappa shape index (κ1) is 36.9. The predicted octanol–water partition coefficient (Wildman–Crippen LogP) is 7.18. The van der Waals surface area contributed by atoms with Gasteiger partial charge in [-0.25, -0.2) is 0 Å². The average molecular weight is 681 g/mol. The molecule has 11 atom stereocenters. The Bertz CT molecular complexity index is 1400. The maximum atomic E-state index is 13.3. The number of aldehydes is 1. The SMILES string of the molecule is CNC1(CO[C@H]2[C@H](n3nnc(N)n3)C[C@]3([C@H](C)O)C4=CC[C@@]5(C)[C@H](C=O)[C@@](C)([C@H](C)C(C)C)CC[C@]5(C)[C@H]4CC[C@H]3C2(C)C)CCCCC1. The third kappa shape index (κ3) is 5.31. The molecular formula is C40H68N6O3. The Kier molecular flexibility index (Phi) is 9.56. The summed E-state index contributed by atoms with van der Waals surface area (Å²) in [5.74, 6) is 1.59. The molecule has 49 heavy (non-hydrogen) atoms. The Morgan fingerprint density at radius 2 is 1.73 bits per heavy atom. The highest BCUT2D eigenvalue weighted by Gasteiger charge is 2.70. The van der Waals surface area contributed by atoms with Crippen molar-refractivity contribution < 1.29 is 14.6 Å². The molecule has 4 fully saturated rings. The molecule has 276 valence electrons. The highest BCUT2D eigenvalue weighted by atomic mass is 16.5. The summed E-state index contributed by atoms with van der Waals surface area (Å²) in [6, 6.07) is -0.242. The van der Waals surface area contributed by atoms with Crippen molar-refractivity contribution in [2.24, 2.45) is 56.7 Å². The fourth-order valence-corrected chi connectivity index (χ4v) is 13.1. The van der Waals surface area contributed by atoms with Crippen LogP contribution in [0.5, 0.6) is 0 Å². The monoisotopic (exact) mass is 681 g/mol. The maximum Gasteiger partial charge on any atom is 0.260 e. The van der Waals surface area contributed by atoms with Gasteiger partial charge in [0.1, 0.15) is 12.3 Å². The van der Waals surface area contributed by atoms with Gasteiger partial charge in [-0.1, -0.05) is 91.4 Å². The van der Waals surface area contributed by atoms with Gasteiger partial charge in [-0.15, -0.1) is 5.10 Å². The van der Waals surface area contributed by atoms with Crippen LogP contribution in [-0.4, -0.2) is 63.0 Å². The van der Waals surface area contributed by atoms with E-state index in [9.17, 15) is 9.90 Å². The molecule has 9 nitrogen and oxygen atoms in total. The van der Waals surface area contributed by atoms with E-state index >= 15 is 0 Å². The fraction of sp³-hybridized carbons (Fsp3) is 0.900. The Hall–Kier alpha value is -1.84. The predicted molar refractivity (Wildman–Crippen MR) is 194 cm³/mol. The summed E-state index contributed by atoms with van der Waals surface area (Å²) >= 11 is 0. The molecule has 1 aromatic heterocycles. The van der Waals surface area contributed by atoms with Gasteiger partial charge in [0.05, 0.1) is 18.8 Å². The lowest BCUT2D eigenvalue weighted by molar-refractivity contribution is -0.212. The number of ether oxygens (including phenoxy) is 1. The molecule has 0 radical (unpaired) electrons. The van der Waals surface area contributed by atoms with E-state index in [0.29, 0.717) is 24.9 Å². The first-order chi connectivity index (χ1) is 23.0. The lowest BCUT2D eigenvalue weighted by Gasteiger charge is -2.70. The van der Waals surface area contributed by atoms with Crippen LogP contribution in [0.2, 0.25) is 0 Å². The van der Waals surface area contributed by atoms with E-state index in [1.807, 2.05) is 6.92 Å². The minimum Gasteiger partial charge on any atom is -0.392 e. The molecule has 0 bridgehead atoms. The fourth-order valence-electron chi connectivity index (χ4n) is 13.1. The van der Waals surface area contributed by atoms with Crippen molar-refractivity contribution in [3.8, 4) is 0 Å². The van der Waals surface area contributed by atoms with Gasteiger partial charge in [0.25, 0.3) is 5.95 Å². The number of carbonyl (C=O) groups is 1. The number of tetrazole rings is 1. The van der Waals surface area contributed by atoms with Crippen LogP contribution in [0.1, 0.15) is 139 Å². The number of hydrogen-bond donors (Lipinski definition) is 3. The number of aliphatic hydroxyl groups is 1. The molecule has 9 heteroatoms. The number of rotatable bonds is 9. The molecular weight excluding hydrogens is 612 g/mol. The van der Waals surface area contributed by atoms with E-state index in [0.717, 1.165) is 44.9 Å². The van der Waals surface area contributed by atoms with Crippen molar-refractivity contribution in [1.29, 1.82) is 0 Å². The molecule has 0 unspecified atom stereocenters. The number of aliphatic hydroxyl groups excluding tert-OH is 1. The summed E-state index contributed by atoms with van der Waals surface area (Å²) in [5, 5.41) is 29.1. The van der Waals surface area contributed by atoms with Crippen LogP contribution in [0.25, 0.3) is 0 Å². The second-order valence-corrected chi connectivity index (χ2v) is 19.1. The van der Waals surface area contributed by atoms with Gasteiger partial charge in [0, 0.05) is 16.9 Å². The molecule has 1 aromatic rings. The molecule has 1 heterocycles. The van der Waals surface area contributed by atoms with E-state index in [-0.39, 0.29) is 63.0 Å². The van der Waals surface area contributed by atoms with Crippen LogP contribution in [0.15, 0.2) is 11.6 Å². The van der Waals surface area contributed by atoms with Crippen LogP contribution < -0.4 is 11.1 Å². The van der Waals surface area contributed by atoms with Crippen LogP contribution in [-0.2, 0) is 9.53 Å². The lowest BCUT2D eigenvalue weighted by Crippen LogP contribution is -2.67. The minimum absolute atomic E-state index is 0.0240. The Balaban J connectivity index is 1.44. The maximum absolute atomic E-state index is 13.3. The van der Waals surface area contributed by atoms with E-state index in [2.05, 4.69) is 89.2 Å². The first-order valence-corrected chi connectivity index (χ1v) is 19.7. The van der Waals surface area contributed by atoms with Crippen molar-refractivity contribution in [1.82, 2.24) is 25.5 Å². The van der Waals surface area contributed by atoms with Crippen molar-refractivity contribution >= 4 is 12.2 Å². The molecule has 0 saturated heterocycles. The van der Waals surface area contributed by atoms with Crippen LogP contribution in [0.3, 0.4) is 0 Å². The van der Waals surface area contributed by atoms with Crippen molar-refractivity contribution in [3.63, 3.8) is 0 Å². The van der Waals surface area contributed by atoms with Gasteiger partial charge in [0.15, 0.2) is 0 Å². The normalized spacial score (nSPS) is 42.7. The van der Waals surface area contributed by atoms with E-state index in [4.69, 9.17) is 10.5 Å². The largest absolute Gasteiger partial charge is 0.392 e. The Morgan fingerprint density at radius 3 is 2.31 bits per heavy atom. The number of fused-ring (bicyclic) bond motifs is 5. The van der Waals surface area contributed by atoms with E-state index < -0.39 is 11.5 Å². The van der Waals surface area contributed by atoms with Gasteiger partial charge in [0.2, 0.25) is 0 Å². The molecule has 0 aliphatic heterocycles. The zero-order valence-electron chi connectivity index (χ0n) is 32.4.